The third-order valence-electron chi connectivity index (χ3n) is 1.60. The molecule has 1 aromatic rings. The first-order valence-corrected chi connectivity index (χ1v) is 4.26. The SMILES string of the molecule is N=C=S.O=C1Cc2ccccc2ON1. The minimum absolute atomic E-state index is 0.0938. The molecule has 72 valence electrons. The van der Waals surface area contributed by atoms with Gasteiger partial charge in [-0.05, 0) is 18.3 Å². The van der Waals surface area contributed by atoms with Gasteiger partial charge in [-0.25, -0.2) is 5.41 Å². The summed E-state index contributed by atoms with van der Waals surface area (Å²) in [4.78, 5) is 15.7. The molecule has 0 bridgehead atoms. The fraction of sp³-hybridized carbons (Fsp3) is 0.111. The van der Waals surface area contributed by atoms with Crippen LogP contribution in [-0.4, -0.2) is 11.1 Å². The molecule has 2 N–H and O–H groups in total. The van der Waals surface area contributed by atoms with Gasteiger partial charge in [0.25, 0.3) is 5.91 Å². The molecular weight excluding hydrogens is 200 g/mol. The van der Waals surface area contributed by atoms with Crippen molar-refractivity contribution in [3.05, 3.63) is 29.8 Å². The molecule has 0 unspecified atom stereocenters. The topological polar surface area (TPSA) is 62.2 Å². The van der Waals surface area contributed by atoms with Crippen LogP contribution in [0.15, 0.2) is 24.3 Å². The monoisotopic (exact) mass is 208 g/mol. The normalized spacial score (nSPS) is 12.1. The lowest BCUT2D eigenvalue weighted by atomic mass is 10.1. The Labute approximate surface area is 86.3 Å². The number of isothiocyanates is 1. The lowest BCUT2D eigenvalue weighted by Gasteiger charge is -2.15. The average Bonchev–Trinajstić information content (AvgIpc) is 2.19. The molecule has 0 saturated carbocycles. The first-order chi connectivity index (χ1) is 6.77. The third kappa shape index (κ3) is 2.65. The van der Waals surface area contributed by atoms with Crippen LogP contribution in [0, 0.1) is 5.41 Å². The molecule has 1 aliphatic rings. The van der Waals surface area contributed by atoms with E-state index in [2.05, 4.69) is 17.7 Å². The zero-order chi connectivity index (χ0) is 10.4. The van der Waals surface area contributed by atoms with Crippen molar-refractivity contribution in [3.8, 4) is 5.75 Å². The van der Waals surface area contributed by atoms with Gasteiger partial charge in [0, 0.05) is 5.56 Å². The highest BCUT2D eigenvalue weighted by molar-refractivity contribution is 7.78. The van der Waals surface area contributed by atoms with Crippen LogP contribution in [0.2, 0.25) is 0 Å². The van der Waals surface area contributed by atoms with E-state index in [9.17, 15) is 4.79 Å². The molecule has 0 spiro atoms. The minimum Gasteiger partial charge on any atom is -0.379 e. The van der Waals surface area contributed by atoms with Crippen LogP contribution >= 0.6 is 12.2 Å². The summed E-state index contributed by atoms with van der Waals surface area (Å²) in [5.74, 6) is 0.649. The van der Waals surface area contributed by atoms with Crippen LogP contribution in [-0.2, 0) is 11.2 Å². The molecule has 1 amide bonds. The van der Waals surface area contributed by atoms with E-state index in [-0.39, 0.29) is 5.91 Å². The Hall–Kier alpha value is -1.71. The van der Waals surface area contributed by atoms with Crippen molar-refractivity contribution in [1.82, 2.24) is 5.48 Å². The Bertz CT molecular complexity index is 373. The molecule has 0 radical (unpaired) electrons. The lowest BCUT2D eigenvalue weighted by Crippen LogP contribution is -2.32. The molecular formula is C9H8N2O2S. The number of para-hydroxylation sites is 1. The van der Waals surface area contributed by atoms with Crippen LogP contribution in [0.1, 0.15) is 5.56 Å². The summed E-state index contributed by atoms with van der Waals surface area (Å²) in [5.41, 5.74) is 3.24. The lowest BCUT2D eigenvalue weighted by molar-refractivity contribution is -0.128. The fourth-order valence-electron chi connectivity index (χ4n) is 1.07. The molecule has 1 aromatic carbocycles. The smallest absolute Gasteiger partial charge is 0.257 e. The van der Waals surface area contributed by atoms with E-state index < -0.39 is 0 Å². The van der Waals surface area contributed by atoms with Crippen molar-refractivity contribution in [1.29, 1.82) is 5.41 Å². The largest absolute Gasteiger partial charge is 0.379 e. The number of hydrogen-bond acceptors (Lipinski definition) is 4. The summed E-state index contributed by atoms with van der Waals surface area (Å²) in [6, 6.07) is 7.47. The van der Waals surface area contributed by atoms with Crippen molar-refractivity contribution < 1.29 is 9.63 Å². The van der Waals surface area contributed by atoms with E-state index in [4.69, 9.17) is 10.2 Å². The predicted molar refractivity (Wildman–Crippen MR) is 54.2 cm³/mol. The van der Waals surface area contributed by atoms with E-state index in [1.807, 2.05) is 24.3 Å². The Kier molecular flexibility index (Phi) is 3.79. The summed E-state index contributed by atoms with van der Waals surface area (Å²) in [6.45, 7) is 0. The van der Waals surface area contributed by atoms with E-state index in [0.717, 1.165) is 11.3 Å². The van der Waals surface area contributed by atoms with Gasteiger partial charge in [0.15, 0.2) is 5.75 Å². The van der Waals surface area contributed by atoms with Crippen molar-refractivity contribution in [2.45, 2.75) is 6.42 Å². The maximum absolute atomic E-state index is 10.8. The maximum atomic E-state index is 10.8. The molecule has 2 rings (SSSR count). The summed E-state index contributed by atoms with van der Waals surface area (Å²) >= 11 is 3.81. The number of thiocarbonyl (C=S) groups is 1. The highest BCUT2D eigenvalue weighted by atomic mass is 32.1. The van der Waals surface area contributed by atoms with Gasteiger partial charge in [0.05, 0.1) is 11.6 Å². The van der Waals surface area contributed by atoms with Crippen LogP contribution in [0.25, 0.3) is 0 Å². The second kappa shape index (κ2) is 5.11. The standard InChI is InChI=1S/C8H7NO2.CHNS/c10-8-5-6-3-1-2-4-7(6)11-9-8;2-1-3/h1-4H,5H2,(H,9,10);2H. The first-order valence-electron chi connectivity index (χ1n) is 3.85. The molecule has 0 saturated heterocycles. The van der Waals surface area contributed by atoms with Crippen LogP contribution in [0.5, 0.6) is 5.75 Å². The number of amides is 1. The fourth-order valence-corrected chi connectivity index (χ4v) is 1.07. The minimum atomic E-state index is -0.0938. The molecule has 1 heterocycles. The Morgan fingerprint density at radius 2 is 2.14 bits per heavy atom. The Balaban J connectivity index is 0.000000293. The molecule has 5 heteroatoms. The number of carbonyl (C=O) groups excluding carboxylic acids is 1. The molecule has 0 fully saturated rings. The van der Waals surface area contributed by atoms with Gasteiger partial charge in [0.1, 0.15) is 0 Å². The number of hydrogen-bond donors (Lipinski definition) is 2. The number of carbonyl (C=O) groups is 1. The molecule has 4 nitrogen and oxygen atoms in total. The van der Waals surface area contributed by atoms with Gasteiger partial charge < -0.3 is 4.84 Å². The number of fused-ring (bicyclic) bond motifs is 1. The highest BCUT2D eigenvalue weighted by Crippen LogP contribution is 2.19. The van der Waals surface area contributed by atoms with Crippen molar-refractivity contribution >= 4 is 23.3 Å². The van der Waals surface area contributed by atoms with Gasteiger partial charge in [0.2, 0.25) is 0 Å². The Morgan fingerprint density at radius 3 is 2.86 bits per heavy atom. The highest BCUT2D eigenvalue weighted by Gasteiger charge is 2.14. The molecule has 0 aromatic heterocycles. The summed E-state index contributed by atoms with van der Waals surface area (Å²) in [5, 5.41) is 7.36. The van der Waals surface area contributed by atoms with Gasteiger partial charge in [-0.1, -0.05) is 18.2 Å². The quantitative estimate of drug-likeness (QED) is 0.499. The molecule has 0 aliphatic carbocycles. The summed E-state index contributed by atoms with van der Waals surface area (Å²) in [7, 11) is 0. The second-order valence-electron chi connectivity index (χ2n) is 2.51. The van der Waals surface area contributed by atoms with E-state index in [0.29, 0.717) is 6.42 Å². The second-order valence-corrected chi connectivity index (χ2v) is 2.72. The van der Waals surface area contributed by atoms with Crippen LogP contribution in [0.4, 0.5) is 0 Å². The van der Waals surface area contributed by atoms with Crippen molar-refractivity contribution in [3.63, 3.8) is 0 Å². The predicted octanol–water partition coefficient (Wildman–Crippen LogP) is 1.32. The van der Waals surface area contributed by atoms with Crippen molar-refractivity contribution in [2.75, 3.05) is 0 Å². The third-order valence-corrected chi connectivity index (χ3v) is 1.60. The number of rotatable bonds is 0. The summed E-state index contributed by atoms with van der Waals surface area (Å²) in [6.07, 6.45) is 0.413. The van der Waals surface area contributed by atoms with E-state index >= 15 is 0 Å². The first kappa shape index (κ1) is 10.4. The summed E-state index contributed by atoms with van der Waals surface area (Å²) < 4.78 is 0. The average molecular weight is 208 g/mol. The maximum Gasteiger partial charge on any atom is 0.257 e. The zero-order valence-electron chi connectivity index (χ0n) is 7.24. The van der Waals surface area contributed by atoms with Gasteiger partial charge in [-0.2, -0.15) is 5.48 Å². The Morgan fingerprint density at radius 1 is 1.50 bits per heavy atom. The van der Waals surface area contributed by atoms with E-state index in [1.165, 1.54) is 0 Å². The van der Waals surface area contributed by atoms with Crippen LogP contribution < -0.4 is 10.3 Å². The number of hydroxylamine groups is 1. The molecule has 0 atom stereocenters. The molecule has 1 aliphatic heterocycles. The number of benzene rings is 1. The number of nitrogens with one attached hydrogen (secondary N) is 2. The molecule has 14 heavy (non-hydrogen) atoms. The van der Waals surface area contributed by atoms with Gasteiger partial charge in [-0.3, -0.25) is 4.79 Å². The van der Waals surface area contributed by atoms with E-state index in [1.54, 1.807) is 5.16 Å². The van der Waals surface area contributed by atoms with Crippen LogP contribution in [0.3, 0.4) is 0 Å². The van der Waals surface area contributed by atoms with Gasteiger partial charge >= 0.3 is 0 Å². The zero-order valence-corrected chi connectivity index (χ0v) is 8.06. The van der Waals surface area contributed by atoms with Crippen molar-refractivity contribution in [2.24, 2.45) is 0 Å². The van der Waals surface area contributed by atoms with Gasteiger partial charge in [-0.15, -0.1) is 0 Å².